The molecule has 0 bridgehead atoms. The Kier molecular flexibility index (Phi) is 3.72. The first-order chi connectivity index (χ1) is 9.15. The first-order valence-electron chi connectivity index (χ1n) is 5.37. The maximum absolute atomic E-state index is 11.5. The number of carbonyl (C=O) groups is 2. The van der Waals surface area contributed by atoms with Gasteiger partial charge in [-0.25, -0.2) is 14.6 Å². The molecule has 2 amide bonds. The highest BCUT2D eigenvalue weighted by atomic mass is 16.4. The molecule has 2 aromatic heterocycles. The Hall–Kier alpha value is -2.90. The van der Waals surface area contributed by atoms with Crippen LogP contribution in [0.15, 0.2) is 30.7 Å². The number of H-pyrrole nitrogens is 1. The van der Waals surface area contributed by atoms with E-state index in [4.69, 9.17) is 5.11 Å². The number of aromatic carboxylic acids is 1. The van der Waals surface area contributed by atoms with Crippen LogP contribution in [0.4, 0.5) is 10.5 Å². The summed E-state index contributed by atoms with van der Waals surface area (Å²) in [7, 11) is 0. The fourth-order valence-corrected chi connectivity index (χ4v) is 1.33. The van der Waals surface area contributed by atoms with E-state index in [1.165, 1.54) is 18.3 Å². The molecular formula is C11H11N5O3. The predicted molar refractivity (Wildman–Crippen MR) is 65.6 cm³/mol. The van der Waals surface area contributed by atoms with Crippen molar-refractivity contribution >= 4 is 17.7 Å². The number of nitrogens with one attached hydrogen (secondary N) is 3. The minimum Gasteiger partial charge on any atom is -0.477 e. The molecule has 0 spiro atoms. The van der Waals surface area contributed by atoms with Crippen molar-refractivity contribution in [3.63, 3.8) is 0 Å². The lowest BCUT2D eigenvalue weighted by molar-refractivity contribution is 0.0690. The zero-order chi connectivity index (χ0) is 13.7. The molecule has 8 nitrogen and oxygen atoms in total. The van der Waals surface area contributed by atoms with E-state index in [0.717, 1.165) is 5.56 Å². The van der Waals surface area contributed by atoms with E-state index in [9.17, 15) is 9.59 Å². The highest BCUT2D eigenvalue weighted by Crippen LogP contribution is 2.06. The fraction of sp³-hybridized carbons (Fsp3) is 0.0909. The summed E-state index contributed by atoms with van der Waals surface area (Å²) in [4.78, 5) is 25.8. The van der Waals surface area contributed by atoms with Crippen LogP contribution in [0.1, 0.15) is 16.1 Å². The number of pyridine rings is 1. The maximum Gasteiger partial charge on any atom is 0.354 e. The molecule has 0 aliphatic rings. The molecule has 0 fully saturated rings. The number of amides is 2. The van der Waals surface area contributed by atoms with Gasteiger partial charge in [-0.15, -0.1) is 0 Å². The van der Waals surface area contributed by atoms with Crippen LogP contribution in [0.2, 0.25) is 0 Å². The third-order valence-corrected chi connectivity index (χ3v) is 2.25. The summed E-state index contributed by atoms with van der Waals surface area (Å²) in [5.74, 6) is -1.11. The Bertz CT molecular complexity index is 565. The molecule has 0 saturated carbocycles. The number of carboxylic acid groups (broad SMARTS) is 1. The molecule has 19 heavy (non-hydrogen) atoms. The molecule has 2 heterocycles. The first kappa shape index (κ1) is 12.6. The molecule has 8 heteroatoms. The Morgan fingerprint density at radius 2 is 2.16 bits per heavy atom. The molecule has 0 saturated heterocycles. The topological polar surface area (TPSA) is 120 Å². The minimum absolute atomic E-state index is 0.0793. The number of hydrogen-bond acceptors (Lipinski definition) is 4. The molecular weight excluding hydrogens is 250 g/mol. The highest BCUT2D eigenvalue weighted by Gasteiger charge is 2.06. The van der Waals surface area contributed by atoms with E-state index >= 15 is 0 Å². The Morgan fingerprint density at radius 1 is 1.32 bits per heavy atom. The number of nitrogens with zero attached hydrogens (tertiary/aromatic N) is 2. The zero-order valence-corrected chi connectivity index (χ0v) is 9.75. The second kappa shape index (κ2) is 5.63. The molecule has 0 unspecified atom stereocenters. The van der Waals surface area contributed by atoms with Gasteiger partial charge in [0.05, 0.1) is 18.1 Å². The summed E-state index contributed by atoms with van der Waals surface area (Å²) < 4.78 is 0. The molecule has 4 N–H and O–H groups in total. The summed E-state index contributed by atoms with van der Waals surface area (Å²) in [6, 6.07) is 2.37. The number of aromatic nitrogens is 3. The third kappa shape index (κ3) is 3.53. The molecule has 0 aliphatic heterocycles. The van der Waals surface area contributed by atoms with Crippen molar-refractivity contribution in [3.8, 4) is 0 Å². The van der Waals surface area contributed by atoms with Gasteiger partial charge in [0.15, 0.2) is 0 Å². The van der Waals surface area contributed by atoms with Gasteiger partial charge in [0.1, 0.15) is 5.69 Å². The van der Waals surface area contributed by atoms with Gasteiger partial charge in [0.2, 0.25) is 0 Å². The summed E-state index contributed by atoms with van der Waals surface area (Å²) in [5.41, 5.74) is 1.17. The quantitative estimate of drug-likeness (QED) is 0.649. The van der Waals surface area contributed by atoms with Crippen LogP contribution in [-0.2, 0) is 6.54 Å². The van der Waals surface area contributed by atoms with Crippen molar-refractivity contribution in [3.05, 3.63) is 42.0 Å². The molecule has 0 aliphatic carbocycles. The lowest BCUT2D eigenvalue weighted by Gasteiger charge is -2.06. The molecule has 2 rings (SSSR count). The van der Waals surface area contributed by atoms with E-state index < -0.39 is 12.0 Å². The lowest BCUT2D eigenvalue weighted by Crippen LogP contribution is -2.28. The first-order valence-corrected chi connectivity index (χ1v) is 5.37. The van der Waals surface area contributed by atoms with E-state index in [-0.39, 0.29) is 5.69 Å². The monoisotopic (exact) mass is 261 g/mol. The van der Waals surface area contributed by atoms with E-state index in [2.05, 4.69) is 25.8 Å². The van der Waals surface area contributed by atoms with Crippen molar-refractivity contribution in [2.24, 2.45) is 0 Å². The number of aromatic amines is 1. The van der Waals surface area contributed by atoms with Gasteiger partial charge >= 0.3 is 12.0 Å². The Morgan fingerprint density at radius 3 is 2.74 bits per heavy atom. The van der Waals surface area contributed by atoms with Crippen LogP contribution in [0, 0.1) is 0 Å². The van der Waals surface area contributed by atoms with Crippen LogP contribution >= 0.6 is 0 Å². The third-order valence-electron chi connectivity index (χ3n) is 2.25. The lowest BCUT2D eigenvalue weighted by atomic mass is 10.3. The fourth-order valence-electron chi connectivity index (χ4n) is 1.33. The van der Waals surface area contributed by atoms with Crippen molar-refractivity contribution in [2.75, 3.05) is 5.32 Å². The van der Waals surface area contributed by atoms with Gasteiger partial charge in [0, 0.05) is 18.3 Å². The summed E-state index contributed by atoms with van der Waals surface area (Å²) in [6.45, 7) is 0.336. The molecule has 0 radical (unpaired) electrons. The normalized spacial score (nSPS) is 9.89. The average molecular weight is 261 g/mol. The van der Waals surface area contributed by atoms with Crippen LogP contribution in [0.25, 0.3) is 0 Å². The molecule has 98 valence electrons. The number of carbonyl (C=O) groups excluding carboxylic acids is 1. The molecule has 0 atom stereocenters. The second-order valence-corrected chi connectivity index (χ2v) is 3.65. The van der Waals surface area contributed by atoms with E-state index in [0.29, 0.717) is 12.2 Å². The Labute approximate surface area is 107 Å². The number of urea groups is 1. The van der Waals surface area contributed by atoms with Crippen molar-refractivity contribution in [1.82, 2.24) is 20.5 Å². The maximum atomic E-state index is 11.5. The summed E-state index contributed by atoms with van der Waals surface area (Å²) >= 11 is 0. The average Bonchev–Trinajstić information content (AvgIpc) is 2.90. The van der Waals surface area contributed by atoms with E-state index in [1.807, 2.05) is 0 Å². The van der Waals surface area contributed by atoms with Crippen LogP contribution < -0.4 is 10.6 Å². The standard InChI is InChI=1S/C11H11N5O3/c17-10(18)9-2-1-8(6-12-9)16-11(19)13-3-7-4-14-15-5-7/h1-2,4-6H,3H2,(H,14,15)(H,17,18)(H2,13,16,19). The molecule has 0 aromatic carbocycles. The number of anilines is 1. The van der Waals surface area contributed by atoms with Crippen LogP contribution in [0.5, 0.6) is 0 Å². The Balaban J connectivity index is 1.86. The van der Waals surface area contributed by atoms with Gasteiger partial charge in [-0.1, -0.05) is 0 Å². The molecule has 2 aromatic rings. The smallest absolute Gasteiger partial charge is 0.354 e. The summed E-state index contributed by atoms with van der Waals surface area (Å²) in [5, 5.41) is 20.2. The minimum atomic E-state index is -1.11. The van der Waals surface area contributed by atoms with E-state index in [1.54, 1.807) is 12.4 Å². The van der Waals surface area contributed by atoms with Crippen molar-refractivity contribution < 1.29 is 14.7 Å². The SMILES string of the molecule is O=C(NCc1cn[nH]c1)Nc1ccc(C(=O)O)nc1. The second-order valence-electron chi connectivity index (χ2n) is 3.65. The number of hydrogen-bond donors (Lipinski definition) is 4. The van der Waals surface area contributed by atoms with Gasteiger partial charge in [-0.3, -0.25) is 5.10 Å². The summed E-state index contributed by atoms with van der Waals surface area (Å²) in [6.07, 6.45) is 4.55. The van der Waals surface area contributed by atoms with Gasteiger partial charge < -0.3 is 15.7 Å². The number of carboxylic acids is 1. The van der Waals surface area contributed by atoms with Gasteiger partial charge in [0.25, 0.3) is 0 Å². The zero-order valence-electron chi connectivity index (χ0n) is 9.75. The van der Waals surface area contributed by atoms with Crippen molar-refractivity contribution in [1.29, 1.82) is 0 Å². The van der Waals surface area contributed by atoms with Crippen LogP contribution in [-0.4, -0.2) is 32.3 Å². The van der Waals surface area contributed by atoms with Crippen molar-refractivity contribution in [2.45, 2.75) is 6.54 Å². The highest BCUT2D eigenvalue weighted by molar-refractivity contribution is 5.90. The van der Waals surface area contributed by atoms with Gasteiger partial charge in [-0.2, -0.15) is 5.10 Å². The van der Waals surface area contributed by atoms with Gasteiger partial charge in [-0.05, 0) is 12.1 Å². The predicted octanol–water partition coefficient (Wildman–Crippen LogP) is 0.825. The largest absolute Gasteiger partial charge is 0.477 e. The van der Waals surface area contributed by atoms with Crippen LogP contribution in [0.3, 0.4) is 0 Å². The number of rotatable bonds is 4.